The first kappa shape index (κ1) is 12.8. The Kier molecular flexibility index (Phi) is 3.24. The van der Waals surface area contributed by atoms with Gasteiger partial charge in [0.15, 0.2) is 0 Å². The summed E-state index contributed by atoms with van der Waals surface area (Å²) in [7, 11) is 0. The van der Waals surface area contributed by atoms with Crippen LogP contribution in [0, 0.1) is 6.92 Å². The van der Waals surface area contributed by atoms with Crippen LogP contribution in [-0.2, 0) is 0 Å². The average Bonchev–Trinajstić information content (AvgIpc) is 2.75. The van der Waals surface area contributed by atoms with Crippen LogP contribution in [-0.4, -0.2) is 17.6 Å². The minimum absolute atomic E-state index is 0.0909. The van der Waals surface area contributed by atoms with Gasteiger partial charge >= 0.3 is 6.03 Å². The molecule has 0 saturated carbocycles. The van der Waals surface area contributed by atoms with E-state index in [1.165, 1.54) is 0 Å². The Morgan fingerprint density at radius 2 is 1.70 bits per heavy atom. The molecule has 0 aromatic heterocycles. The van der Waals surface area contributed by atoms with Gasteiger partial charge in [-0.25, -0.2) is 4.79 Å². The van der Waals surface area contributed by atoms with Crippen LogP contribution in [0.2, 0.25) is 0 Å². The van der Waals surface area contributed by atoms with Crippen molar-refractivity contribution in [2.45, 2.75) is 6.92 Å². The predicted octanol–water partition coefficient (Wildman–Crippen LogP) is 3.77. The number of carbonyl (C=O) groups is 1. The smallest absolute Gasteiger partial charge is 0.287 e. The Morgan fingerprint density at radius 3 is 2.40 bits per heavy atom. The molecule has 0 bridgehead atoms. The molecule has 0 radical (unpaired) electrons. The van der Waals surface area contributed by atoms with Crippen LogP contribution in [0.1, 0.15) is 5.56 Å². The number of urea groups is 1. The summed E-state index contributed by atoms with van der Waals surface area (Å²) in [5.41, 5.74) is 2.81. The van der Waals surface area contributed by atoms with E-state index in [1.54, 1.807) is 9.80 Å². The number of hydrogen-bond donors (Lipinski definition) is 0. The first-order valence-electron chi connectivity index (χ1n) is 6.43. The molecule has 1 heterocycles. The average molecular weight is 282 g/mol. The summed E-state index contributed by atoms with van der Waals surface area (Å²) >= 11 is 5.38. The van der Waals surface area contributed by atoms with E-state index in [2.05, 4.69) is 0 Å². The number of amides is 2. The fourth-order valence-electron chi connectivity index (χ4n) is 2.33. The van der Waals surface area contributed by atoms with Crippen molar-refractivity contribution < 1.29 is 4.79 Å². The molecular formula is C16H14N2OS. The van der Waals surface area contributed by atoms with Gasteiger partial charge in [-0.2, -0.15) is 0 Å². The highest BCUT2D eigenvalue weighted by Gasteiger charge is 2.35. The molecular weight excluding hydrogens is 268 g/mol. The lowest BCUT2D eigenvalue weighted by Crippen LogP contribution is -2.32. The van der Waals surface area contributed by atoms with E-state index in [9.17, 15) is 4.79 Å². The van der Waals surface area contributed by atoms with Crippen LogP contribution >= 0.6 is 12.2 Å². The fourth-order valence-corrected chi connectivity index (χ4v) is 2.64. The van der Waals surface area contributed by atoms with Crippen molar-refractivity contribution >= 4 is 34.6 Å². The zero-order valence-electron chi connectivity index (χ0n) is 11.1. The van der Waals surface area contributed by atoms with Gasteiger partial charge in [0, 0.05) is 5.69 Å². The molecule has 2 amide bonds. The Hall–Kier alpha value is -2.20. The van der Waals surface area contributed by atoms with Gasteiger partial charge < -0.3 is 0 Å². The van der Waals surface area contributed by atoms with Gasteiger partial charge in [-0.1, -0.05) is 42.5 Å². The summed E-state index contributed by atoms with van der Waals surface area (Å²) < 4.78 is 0. The highest BCUT2D eigenvalue weighted by atomic mass is 32.1. The van der Waals surface area contributed by atoms with Crippen LogP contribution in [0.15, 0.2) is 54.6 Å². The van der Waals surface area contributed by atoms with Crippen molar-refractivity contribution in [1.29, 1.82) is 0 Å². The summed E-state index contributed by atoms with van der Waals surface area (Å²) in [6, 6.07) is 17.3. The Morgan fingerprint density at radius 1 is 1.00 bits per heavy atom. The van der Waals surface area contributed by atoms with E-state index >= 15 is 0 Å². The topological polar surface area (TPSA) is 23.6 Å². The standard InChI is InChI=1S/C16H14N2OS/c1-12-6-5-9-14(10-12)18-15(20)11-17(16(18)19)13-7-3-2-4-8-13/h2-10H,11H2,1H3. The molecule has 2 aromatic rings. The molecule has 0 aliphatic carbocycles. The van der Waals surface area contributed by atoms with Gasteiger partial charge in [0.2, 0.25) is 0 Å². The quantitative estimate of drug-likeness (QED) is 0.783. The van der Waals surface area contributed by atoms with Gasteiger partial charge in [0.1, 0.15) is 4.99 Å². The monoisotopic (exact) mass is 282 g/mol. The molecule has 20 heavy (non-hydrogen) atoms. The van der Waals surface area contributed by atoms with E-state index in [0.29, 0.717) is 11.5 Å². The van der Waals surface area contributed by atoms with Gasteiger partial charge in [0.05, 0.1) is 12.2 Å². The number of aryl methyl sites for hydroxylation is 1. The Labute approximate surface area is 123 Å². The van der Waals surface area contributed by atoms with Crippen molar-refractivity contribution in [3.05, 3.63) is 60.2 Å². The maximum absolute atomic E-state index is 12.6. The predicted molar refractivity (Wildman–Crippen MR) is 85.4 cm³/mol. The van der Waals surface area contributed by atoms with Crippen molar-refractivity contribution in [3.63, 3.8) is 0 Å². The van der Waals surface area contributed by atoms with E-state index in [0.717, 1.165) is 16.9 Å². The number of para-hydroxylation sites is 1. The second-order valence-corrected chi connectivity index (χ2v) is 5.24. The third-order valence-electron chi connectivity index (χ3n) is 3.29. The third-order valence-corrected chi connectivity index (χ3v) is 3.60. The number of rotatable bonds is 2. The Balaban J connectivity index is 1.95. The molecule has 3 nitrogen and oxygen atoms in total. The lowest BCUT2D eigenvalue weighted by atomic mass is 10.2. The lowest BCUT2D eigenvalue weighted by molar-refractivity contribution is 0.256. The summed E-state index contributed by atoms with van der Waals surface area (Å²) in [6.45, 7) is 2.45. The second-order valence-electron chi connectivity index (χ2n) is 4.77. The van der Waals surface area contributed by atoms with Gasteiger partial charge in [0.25, 0.3) is 0 Å². The SMILES string of the molecule is Cc1cccc(N2C(=O)N(c3ccccc3)CC2=S)c1. The zero-order chi connectivity index (χ0) is 14.1. The van der Waals surface area contributed by atoms with Gasteiger partial charge in [-0.15, -0.1) is 0 Å². The molecule has 1 saturated heterocycles. The zero-order valence-corrected chi connectivity index (χ0v) is 11.9. The molecule has 2 aromatic carbocycles. The number of nitrogens with zero attached hydrogens (tertiary/aromatic N) is 2. The molecule has 1 aliphatic heterocycles. The van der Waals surface area contributed by atoms with Crippen molar-refractivity contribution in [2.24, 2.45) is 0 Å². The molecule has 4 heteroatoms. The summed E-state index contributed by atoms with van der Waals surface area (Å²) in [4.78, 5) is 16.5. The molecule has 0 spiro atoms. The van der Waals surface area contributed by atoms with Crippen molar-refractivity contribution in [2.75, 3.05) is 16.3 Å². The van der Waals surface area contributed by atoms with E-state index < -0.39 is 0 Å². The molecule has 0 atom stereocenters. The highest BCUT2D eigenvalue weighted by Crippen LogP contribution is 2.26. The van der Waals surface area contributed by atoms with Crippen LogP contribution in [0.4, 0.5) is 16.2 Å². The molecule has 0 N–H and O–H groups in total. The van der Waals surface area contributed by atoms with Crippen molar-refractivity contribution in [3.8, 4) is 0 Å². The minimum atomic E-state index is -0.0909. The largest absolute Gasteiger partial charge is 0.334 e. The second kappa shape index (κ2) is 5.06. The van der Waals surface area contributed by atoms with Gasteiger partial charge in [-0.05, 0) is 36.8 Å². The van der Waals surface area contributed by atoms with E-state index in [4.69, 9.17) is 12.2 Å². The van der Waals surface area contributed by atoms with E-state index in [-0.39, 0.29) is 6.03 Å². The number of hydrogen-bond acceptors (Lipinski definition) is 2. The number of thiocarbonyl (C=S) groups is 1. The minimum Gasteiger partial charge on any atom is -0.287 e. The van der Waals surface area contributed by atoms with Crippen LogP contribution < -0.4 is 9.80 Å². The summed E-state index contributed by atoms with van der Waals surface area (Å²) in [5.74, 6) is 0. The normalized spacial score (nSPS) is 15.1. The summed E-state index contributed by atoms with van der Waals surface area (Å²) in [5, 5.41) is 0. The highest BCUT2D eigenvalue weighted by molar-refractivity contribution is 7.80. The number of anilines is 2. The van der Waals surface area contributed by atoms with Crippen molar-refractivity contribution in [1.82, 2.24) is 0 Å². The first-order valence-corrected chi connectivity index (χ1v) is 6.84. The van der Waals surface area contributed by atoms with Crippen LogP contribution in [0.5, 0.6) is 0 Å². The van der Waals surface area contributed by atoms with E-state index in [1.807, 2.05) is 61.5 Å². The fraction of sp³-hybridized carbons (Fsp3) is 0.125. The maximum atomic E-state index is 12.6. The first-order chi connectivity index (χ1) is 9.66. The lowest BCUT2D eigenvalue weighted by Gasteiger charge is -2.18. The molecule has 1 fully saturated rings. The molecule has 3 rings (SSSR count). The summed E-state index contributed by atoms with van der Waals surface area (Å²) in [6.07, 6.45) is 0. The third kappa shape index (κ3) is 2.18. The molecule has 100 valence electrons. The van der Waals surface area contributed by atoms with Gasteiger partial charge in [-0.3, -0.25) is 9.80 Å². The number of benzene rings is 2. The molecule has 1 aliphatic rings. The number of carbonyl (C=O) groups excluding carboxylic acids is 1. The maximum Gasteiger partial charge on any atom is 0.334 e. The Bertz CT molecular complexity index is 669. The molecule has 0 unspecified atom stereocenters. The van der Waals surface area contributed by atoms with Crippen LogP contribution in [0.3, 0.4) is 0 Å². The van der Waals surface area contributed by atoms with Crippen LogP contribution in [0.25, 0.3) is 0 Å².